The molecular formula is C22H26N6O2. The van der Waals surface area contributed by atoms with E-state index in [0.29, 0.717) is 18.5 Å². The number of hydrogen-bond acceptors (Lipinski definition) is 4. The Labute approximate surface area is 174 Å². The molecule has 8 heteroatoms. The molecule has 2 aromatic carbocycles. The molecule has 0 saturated carbocycles. The third-order valence-electron chi connectivity index (χ3n) is 4.94. The smallest absolute Gasteiger partial charge is 0.242 e. The van der Waals surface area contributed by atoms with E-state index in [4.69, 9.17) is 16.9 Å². The lowest BCUT2D eigenvalue weighted by atomic mass is 10.0. The number of rotatable bonds is 8. The fourth-order valence-electron chi connectivity index (χ4n) is 3.16. The summed E-state index contributed by atoms with van der Waals surface area (Å²) in [6, 6.07) is 13.3. The summed E-state index contributed by atoms with van der Waals surface area (Å²) >= 11 is 0. The lowest BCUT2D eigenvalue weighted by Gasteiger charge is -2.17. The summed E-state index contributed by atoms with van der Waals surface area (Å²) in [5.41, 5.74) is 14.9. The number of hydrogen-bond donors (Lipinski definition) is 6. The average Bonchev–Trinajstić information content (AvgIpc) is 3.15. The van der Waals surface area contributed by atoms with E-state index in [-0.39, 0.29) is 17.6 Å². The largest absolute Gasteiger partial charge is 0.384 e. The number of carbonyl (C=O) groups is 2. The topological polar surface area (TPSA) is 150 Å². The predicted molar refractivity (Wildman–Crippen MR) is 117 cm³/mol. The van der Waals surface area contributed by atoms with Gasteiger partial charge in [0, 0.05) is 29.2 Å². The zero-order valence-corrected chi connectivity index (χ0v) is 16.7. The molecule has 30 heavy (non-hydrogen) atoms. The monoisotopic (exact) mass is 406 g/mol. The quantitative estimate of drug-likeness (QED) is 0.246. The van der Waals surface area contributed by atoms with Gasteiger partial charge in [-0.1, -0.05) is 42.5 Å². The second kappa shape index (κ2) is 9.23. The molecule has 0 radical (unpaired) electrons. The van der Waals surface area contributed by atoms with E-state index >= 15 is 0 Å². The summed E-state index contributed by atoms with van der Waals surface area (Å²) in [5, 5.41) is 13.9. The average molecular weight is 406 g/mol. The zero-order chi connectivity index (χ0) is 21.7. The van der Waals surface area contributed by atoms with Gasteiger partial charge >= 0.3 is 0 Å². The number of aromatic nitrogens is 1. The minimum Gasteiger partial charge on any atom is -0.384 e. The van der Waals surface area contributed by atoms with Crippen LogP contribution in [0.15, 0.2) is 54.7 Å². The highest BCUT2D eigenvalue weighted by atomic mass is 16.2. The lowest BCUT2D eigenvalue weighted by molar-refractivity contribution is -0.129. The molecular weight excluding hydrogens is 380 g/mol. The van der Waals surface area contributed by atoms with Crippen LogP contribution in [0.4, 0.5) is 0 Å². The van der Waals surface area contributed by atoms with Crippen molar-refractivity contribution in [2.45, 2.75) is 32.0 Å². The van der Waals surface area contributed by atoms with Gasteiger partial charge in [-0.25, -0.2) is 0 Å². The third kappa shape index (κ3) is 5.03. The SMILES string of the molecule is C[C@H](NC(=O)[C@H](N)Cc1c[nH]c2ccccc12)C(=O)NCc1ccc(C(=N)N)cc1. The molecule has 1 heterocycles. The molecule has 2 amide bonds. The van der Waals surface area contributed by atoms with Gasteiger partial charge in [-0.15, -0.1) is 0 Å². The summed E-state index contributed by atoms with van der Waals surface area (Å²) in [6.45, 7) is 1.92. The molecule has 0 fully saturated rings. The molecule has 0 unspecified atom stereocenters. The van der Waals surface area contributed by atoms with E-state index in [1.807, 2.05) is 30.5 Å². The molecule has 2 atom stereocenters. The maximum Gasteiger partial charge on any atom is 0.242 e. The first kappa shape index (κ1) is 21.1. The Hall–Kier alpha value is -3.65. The highest BCUT2D eigenvalue weighted by Gasteiger charge is 2.21. The Morgan fingerprint density at radius 2 is 1.80 bits per heavy atom. The highest BCUT2D eigenvalue weighted by Crippen LogP contribution is 2.18. The maximum absolute atomic E-state index is 12.4. The third-order valence-corrected chi connectivity index (χ3v) is 4.94. The van der Waals surface area contributed by atoms with Gasteiger partial charge in [-0.2, -0.15) is 0 Å². The van der Waals surface area contributed by atoms with Crippen molar-refractivity contribution in [3.05, 3.63) is 71.4 Å². The van der Waals surface area contributed by atoms with Gasteiger partial charge in [0.1, 0.15) is 11.9 Å². The van der Waals surface area contributed by atoms with E-state index in [1.54, 1.807) is 31.2 Å². The maximum atomic E-state index is 12.4. The van der Waals surface area contributed by atoms with Gasteiger partial charge in [-0.05, 0) is 30.5 Å². The number of benzene rings is 2. The summed E-state index contributed by atoms with van der Waals surface area (Å²) in [6.07, 6.45) is 2.22. The van der Waals surface area contributed by atoms with Gasteiger partial charge in [0.05, 0.1) is 6.04 Å². The molecule has 0 aliphatic carbocycles. The number of amides is 2. The number of aromatic amines is 1. The first-order valence-electron chi connectivity index (χ1n) is 9.67. The zero-order valence-electron chi connectivity index (χ0n) is 16.7. The van der Waals surface area contributed by atoms with Crippen LogP contribution >= 0.6 is 0 Å². The molecule has 3 aromatic rings. The molecule has 156 valence electrons. The summed E-state index contributed by atoms with van der Waals surface area (Å²) in [5.74, 6) is -0.696. The number of para-hydroxylation sites is 1. The van der Waals surface area contributed by atoms with Crippen molar-refractivity contribution in [3.63, 3.8) is 0 Å². The van der Waals surface area contributed by atoms with Gasteiger partial charge in [0.25, 0.3) is 0 Å². The minimum absolute atomic E-state index is 0.00843. The Bertz CT molecular complexity index is 1060. The van der Waals surface area contributed by atoms with Crippen LogP contribution in [0, 0.1) is 5.41 Å². The molecule has 1 aromatic heterocycles. The second-order valence-corrected chi connectivity index (χ2v) is 7.23. The van der Waals surface area contributed by atoms with E-state index < -0.39 is 12.1 Å². The van der Waals surface area contributed by atoms with Crippen LogP contribution in [-0.2, 0) is 22.6 Å². The number of nitrogens with one attached hydrogen (secondary N) is 4. The van der Waals surface area contributed by atoms with Gasteiger partial charge in [-0.3, -0.25) is 15.0 Å². The predicted octanol–water partition coefficient (Wildman–Crippen LogP) is 1.14. The van der Waals surface area contributed by atoms with E-state index in [9.17, 15) is 9.59 Å². The minimum atomic E-state index is -0.765. The molecule has 8 nitrogen and oxygen atoms in total. The van der Waals surface area contributed by atoms with Crippen LogP contribution < -0.4 is 22.1 Å². The highest BCUT2D eigenvalue weighted by molar-refractivity contribution is 5.95. The van der Waals surface area contributed by atoms with Crippen LogP contribution in [0.2, 0.25) is 0 Å². The molecule has 0 spiro atoms. The number of amidine groups is 1. The lowest BCUT2D eigenvalue weighted by Crippen LogP contribution is -2.50. The van der Waals surface area contributed by atoms with Crippen molar-refractivity contribution in [1.82, 2.24) is 15.6 Å². The van der Waals surface area contributed by atoms with Crippen LogP contribution in [0.25, 0.3) is 10.9 Å². The fraction of sp³-hybridized carbons (Fsp3) is 0.227. The Kier molecular flexibility index (Phi) is 6.48. The Morgan fingerprint density at radius 1 is 1.10 bits per heavy atom. The number of H-pyrrole nitrogens is 1. The van der Waals surface area contributed by atoms with E-state index in [0.717, 1.165) is 22.0 Å². The van der Waals surface area contributed by atoms with Gasteiger partial charge < -0.3 is 27.1 Å². The van der Waals surface area contributed by atoms with Crippen molar-refractivity contribution < 1.29 is 9.59 Å². The van der Waals surface area contributed by atoms with Crippen molar-refractivity contribution in [2.24, 2.45) is 11.5 Å². The Balaban J connectivity index is 1.50. The Morgan fingerprint density at radius 3 is 2.50 bits per heavy atom. The van der Waals surface area contributed by atoms with Crippen LogP contribution in [0.1, 0.15) is 23.6 Å². The summed E-state index contributed by atoms with van der Waals surface area (Å²) in [7, 11) is 0. The van der Waals surface area contributed by atoms with E-state index in [1.165, 1.54) is 0 Å². The van der Waals surface area contributed by atoms with Crippen molar-refractivity contribution in [1.29, 1.82) is 5.41 Å². The molecule has 3 rings (SSSR count). The number of nitrogens with two attached hydrogens (primary N) is 2. The molecule has 8 N–H and O–H groups in total. The first-order valence-corrected chi connectivity index (χ1v) is 9.67. The second-order valence-electron chi connectivity index (χ2n) is 7.23. The molecule has 0 aliphatic heterocycles. The first-order chi connectivity index (χ1) is 14.3. The fourth-order valence-corrected chi connectivity index (χ4v) is 3.16. The number of nitrogen functional groups attached to an aromatic ring is 1. The summed E-state index contributed by atoms with van der Waals surface area (Å²) < 4.78 is 0. The normalized spacial score (nSPS) is 12.9. The van der Waals surface area contributed by atoms with Crippen LogP contribution in [0.3, 0.4) is 0 Å². The van der Waals surface area contributed by atoms with Crippen molar-refractivity contribution >= 4 is 28.6 Å². The standard InChI is InChI=1S/C22H26N6O2/c1-13(21(29)27-11-14-6-8-15(9-7-14)20(24)25)28-22(30)18(23)10-16-12-26-19-5-3-2-4-17(16)19/h2-9,12-13,18,26H,10-11,23H2,1H3,(H3,24,25)(H,27,29)(H,28,30)/t13-,18+/m0/s1. The molecule has 0 bridgehead atoms. The summed E-state index contributed by atoms with van der Waals surface area (Å²) in [4.78, 5) is 27.9. The van der Waals surface area contributed by atoms with Crippen LogP contribution in [0.5, 0.6) is 0 Å². The number of fused-ring (bicyclic) bond motifs is 1. The van der Waals surface area contributed by atoms with Gasteiger partial charge in [0.2, 0.25) is 11.8 Å². The molecule has 0 aliphatic rings. The molecule has 0 saturated heterocycles. The van der Waals surface area contributed by atoms with Gasteiger partial charge in [0.15, 0.2) is 0 Å². The van der Waals surface area contributed by atoms with E-state index in [2.05, 4.69) is 15.6 Å². The van der Waals surface area contributed by atoms with Crippen molar-refractivity contribution in [3.8, 4) is 0 Å². The van der Waals surface area contributed by atoms with Crippen LogP contribution in [-0.4, -0.2) is 34.7 Å². The number of carbonyl (C=O) groups excluding carboxylic acids is 2. The van der Waals surface area contributed by atoms with Crippen molar-refractivity contribution in [2.75, 3.05) is 0 Å².